The maximum absolute atomic E-state index is 11.7. The van der Waals surface area contributed by atoms with Gasteiger partial charge in [0.05, 0.1) is 6.34 Å². The average molecular weight is 242 g/mol. The van der Waals surface area contributed by atoms with E-state index in [0.29, 0.717) is 6.42 Å². The Kier molecular flexibility index (Phi) is 3.92. The van der Waals surface area contributed by atoms with Crippen LogP contribution in [0.2, 0.25) is 0 Å². The van der Waals surface area contributed by atoms with Crippen molar-refractivity contribution in [2.24, 2.45) is 4.99 Å². The molecule has 0 spiro atoms. The van der Waals surface area contributed by atoms with Crippen molar-refractivity contribution in [2.75, 3.05) is 14.1 Å². The Balaban J connectivity index is 2.14. The largest absolute Gasteiger partial charge is 0.369 e. The summed E-state index contributed by atoms with van der Waals surface area (Å²) < 4.78 is 0. The van der Waals surface area contributed by atoms with Gasteiger partial charge in [-0.25, -0.2) is 4.99 Å². The lowest BCUT2D eigenvalue weighted by molar-refractivity contribution is -0.115. The third-order valence-electron chi connectivity index (χ3n) is 2.96. The minimum absolute atomic E-state index is 0.168. The molecule has 18 heavy (non-hydrogen) atoms. The van der Waals surface area contributed by atoms with Gasteiger partial charge in [0.15, 0.2) is 5.78 Å². The van der Waals surface area contributed by atoms with Crippen molar-refractivity contribution in [3.05, 3.63) is 47.7 Å². The van der Waals surface area contributed by atoms with E-state index in [2.05, 4.69) is 17.1 Å². The highest BCUT2D eigenvalue weighted by atomic mass is 16.1. The molecule has 0 bridgehead atoms. The molecule has 0 saturated heterocycles. The first-order chi connectivity index (χ1) is 8.65. The molecule has 3 heteroatoms. The van der Waals surface area contributed by atoms with Gasteiger partial charge in [0, 0.05) is 32.3 Å². The average Bonchev–Trinajstić information content (AvgIpc) is 2.37. The first-order valence-electron chi connectivity index (χ1n) is 6.14. The Morgan fingerprint density at radius 1 is 1.22 bits per heavy atom. The van der Waals surface area contributed by atoms with E-state index in [1.807, 2.05) is 37.2 Å². The number of rotatable bonds is 3. The summed E-state index contributed by atoms with van der Waals surface area (Å²) in [6, 6.07) is 10.2. The SMILES string of the molecule is CN(C)C=NC1=CC(=O)CC(c2ccccc2)C1. The molecule has 0 radical (unpaired) electrons. The Hall–Kier alpha value is -1.90. The molecule has 1 aliphatic rings. The van der Waals surface area contributed by atoms with Crippen LogP contribution in [0.25, 0.3) is 0 Å². The molecular weight excluding hydrogens is 224 g/mol. The lowest BCUT2D eigenvalue weighted by atomic mass is 9.86. The second-order valence-corrected chi connectivity index (χ2v) is 4.83. The molecule has 1 unspecified atom stereocenters. The summed E-state index contributed by atoms with van der Waals surface area (Å²) in [5, 5.41) is 0. The highest BCUT2D eigenvalue weighted by molar-refractivity contribution is 5.92. The fourth-order valence-electron chi connectivity index (χ4n) is 2.11. The second kappa shape index (κ2) is 5.63. The zero-order valence-corrected chi connectivity index (χ0v) is 10.8. The van der Waals surface area contributed by atoms with Gasteiger partial charge in [-0.15, -0.1) is 0 Å². The van der Waals surface area contributed by atoms with Crippen molar-refractivity contribution >= 4 is 12.1 Å². The molecule has 0 heterocycles. The van der Waals surface area contributed by atoms with Crippen LogP contribution in [-0.4, -0.2) is 31.1 Å². The topological polar surface area (TPSA) is 32.7 Å². The van der Waals surface area contributed by atoms with Crippen molar-refractivity contribution in [2.45, 2.75) is 18.8 Å². The minimum atomic E-state index is 0.168. The fourth-order valence-corrected chi connectivity index (χ4v) is 2.11. The van der Waals surface area contributed by atoms with Crippen LogP contribution in [0.4, 0.5) is 0 Å². The number of aliphatic imine (C=N–C) groups is 1. The maximum atomic E-state index is 11.7. The summed E-state index contributed by atoms with van der Waals surface area (Å²) in [6.07, 6.45) is 4.83. The van der Waals surface area contributed by atoms with Crippen LogP contribution in [-0.2, 0) is 4.79 Å². The van der Waals surface area contributed by atoms with E-state index < -0.39 is 0 Å². The summed E-state index contributed by atoms with van der Waals surface area (Å²) in [4.78, 5) is 18.0. The monoisotopic (exact) mass is 242 g/mol. The first kappa shape index (κ1) is 12.6. The van der Waals surface area contributed by atoms with Gasteiger partial charge in [-0.3, -0.25) is 4.79 Å². The number of hydrogen-bond acceptors (Lipinski definition) is 2. The van der Waals surface area contributed by atoms with Gasteiger partial charge in [0.25, 0.3) is 0 Å². The molecule has 0 fully saturated rings. The molecule has 1 atom stereocenters. The number of carbonyl (C=O) groups is 1. The lowest BCUT2D eigenvalue weighted by Crippen LogP contribution is -2.13. The second-order valence-electron chi connectivity index (χ2n) is 4.83. The maximum Gasteiger partial charge on any atom is 0.158 e. The molecule has 0 N–H and O–H groups in total. The van der Waals surface area contributed by atoms with Crippen molar-refractivity contribution in [3.8, 4) is 0 Å². The van der Waals surface area contributed by atoms with Crippen LogP contribution < -0.4 is 0 Å². The van der Waals surface area contributed by atoms with Gasteiger partial charge in [0.2, 0.25) is 0 Å². The van der Waals surface area contributed by atoms with Crippen LogP contribution in [0.5, 0.6) is 0 Å². The highest BCUT2D eigenvalue weighted by Crippen LogP contribution is 2.31. The van der Waals surface area contributed by atoms with E-state index in [9.17, 15) is 4.79 Å². The van der Waals surface area contributed by atoms with Crippen molar-refractivity contribution in [1.82, 2.24) is 4.90 Å². The zero-order chi connectivity index (χ0) is 13.0. The lowest BCUT2D eigenvalue weighted by Gasteiger charge is -2.20. The van der Waals surface area contributed by atoms with Gasteiger partial charge in [0.1, 0.15) is 0 Å². The predicted molar refractivity (Wildman–Crippen MR) is 73.7 cm³/mol. The van der Waals surface area contributed by atoms with Gasteiger partial charge < -0.3 is 4.90 Å². The quantitative estimate of drug-likeness (QED) is 0.603. The summed E-state index contributed by atoms with van der Waals surface area (Å²) >= 11 is 0. The Morgan fingerprint density at radius 3 is 2.61 bits per heavy atom. The minimum Gasteiger partial charge on any atom is -0.369 e. The van der Waals surface area contributed by atoms with Gasteiger partial charge >= 0.3 is 0 Å². The standard InChI is InChI=1S/C15H18N2O/c1-17(2)11-16-14-8-13(9-15(18)10-14)12-6-4-3-5-7-12/h3-7,10-11,13H,8-9H2,1-2H3. The molecule has 0 saturated carbocycles. The third kappa shape index (κ3) is 3.29. The van der Waals surface area contributed by atoms with E-state index >= 15 is 0 Å². The third-order valence-corrected chi connectivity index (χ3v) is 2.96. The van der Waals surface area contributed by atoms with E-state index in [1.165, 1.54) is 5.56 Å². The zero-order valence-electron chi connectivity index (χ0n) is 10.8. The van der Waals surface area contributed by atoms with E-state index in [0.717, 1.165) is 12.1 Å². The number of carbonyl (C=O) groups excluding carboxylic acids is 1. The van der Waals surface area contributed by atoms with Crippen LogP contribution in [0, 0.1) is 0 Å². The number of allylic oxidation sites excluding steroid dienone is 2. The smallest absolute Gasteiger partial charge is 0.158 e. The van der Waals surface area contributed by atoms with E-state index in [-0.39, 0.29) is 11.7 Å². The molecule has 94 valence electrons. The van der Waals surface area contributed by atoms with Crippen molar-refractivity contribution < 1.29 is 4.79 Å². The molecule has 0 aromatic heterocycles. The Labute approximate surface area is 108 Å². The number of ketones is 1. The molecule has 0 amide bonds. The van der Waals surface area contributed by atoms with Crippen LogP contribution in [0.15, 0.2) is 47.1 Å². The predicted octanol–water partition coefficient (Wildman–Crippen LogP) is 2.61. The molecule has 1 aromatic carbocycles. The van der Waals surface area contributed by atoms with Gasteiger partial charge in [-0.05, 0) is 17.9 Å². The van der Waals surface area contributed by atoms with Crippen molar-refractivity contribution in [1.29, 1.82) is 0 Å². The van der Waals surface area contributed by atoms with Gasteiger partial charge in [-0.2, -0.15) is 0 Å². The van der Waals surface area contributed by atoms with Crippen LogP contribution >= 0.6 is 0 Å². The molecule has 2 rings (SSSR count). The van der Waals surface area contributed by atoms with E-state index in [1.54, 1.807) is 12.4 Å². The molecule has 1 aromatic rings. The first-order valence-corrected chi connectivity index (χ1v) is 6.14. The number of nitrogens with zero attached hydrogens (tertiary/aromatic N) is 2. The van der Waals surface area contributed by atoms with Crippen LogP contribution in [0.1, 0.15) is 24.3 Å². The summed E-state index contributed by atoms with van der Waals surface area (Å²) in [5.74, 6) is 0.430. The van der Waals surface area contributed by atoms with Gasteiger partial charge in [-0.1, -0.05) is 30.3 Å². The van der Waals surface area contributed by atoms with Crippen molar-refractivity contribution in [3.63, 3.8) is 0 Å². The van der Waals surface area contributed by atoms with E-state index in [4.69, 9.17) is 0 Å². The number of hydrogen-bond donors (Lipinski definition) is 0. The number of benzene rings is 1. The highest BCUT2D eigenvalue weighted by Gasteiger charge is 2.21. The molecule has 0 aliphatic heterocycles. The van der Waals surface area contributed by atoms with Crippen LogP contribution in [0.3, 0.4) is 0 Å². The fraction of sp³-hybridized carbons (Fsp3) is 0.333. The Bertz CT molecular complexity index is 475. The molecule has 1 aliphatic carbocycles. The summed E-state index contributed by atoms with van der Waals surface area (Å²) in [5.41, 5.74) is 2.09. The summed E-state index contributed by atoms with van der Waals surface area (Å²) in [7, 11) is 3.84. The summed E-state index contributed by atoms with van der Waals surface area (Å²) in [6.45, 7) is 0. The molecular formula is C15H18N2O. The Morgan fingerprint density at radius 2 is 1.94 bits per heavy atom. The normalized spacial score (nSPS) is 20.0. The molecule has 3 nitrogen and oxygen atoms in total.